The van der Waals surface area contributed by atoms with E-state index in [0.29, 0.717) is 12.1 Å². The van der Waals surface area contributed by atoms with Crippen molar-refractivity contribution >= 4 is 5.97 Å². The molecule has 0 radical (unpaired) electrons. The lowest BCUT2D eigenvalue weighted by Gasteiger charge is -2.31. The zero-order chi connectivity index (χ0) is 15.2. The summed E-state index contributed by atoms with van der Waals surface area (Å²) in [7, 11) is 0. The smallest absolute Gasteiger partial charge is 0.307 e. The van der Waals surface area contributed by atoms with E-state index in [1.165, 1.54) is 12.1 Å². The molecule has 0 aromatic heterocycles. The summed E-state index contributed by atoms with van der Waals surface area (Å²) in [6.45, 7) is 6.35. The molecule has 0 bridgehead atoms. The lowest BCUT2D eigenvalue weighted by atomic mass is 9.88. The molecule has 0 spiro atoms. The van der Waals surface area contributed by atoms with Gasteiger partial charge in [-0.05, 0) is 44.5 Å². The van der Waals surface area contributed by atoms with Crippen molar-refractivity contribution in [2.75, 3.05) is 13.2 Å². The summed E-state index contributed by atoms with van der Waals surface area (Å²) in [5, 5.41) is 3.17. The molecule has 0 heterocycles. The second-order valence-corrected chi connectivity index (χ2v) is 4.90. The highest BCUT2D eigenvalue weighted by Gasteiger charge is 2.30. The third kappa shape index (κ3) is 4.56. The number of halogens is 2. The lowest BCUT2D eigenvalue weighted by Crippen LogP contribution is -2.42. The molecule has 0 aliphatic carbocycles. The first kappa shape index (κ1) is 16.6. The van der Waals surface area contributed by atoms with Crippen LogP contribution >= 0.6 is 0 Å². The quantitative estimate of drug-likeness (QED) is 0.782. The van der Waals surface area contributed by atoms with E-state index in [1.807, 2.05) is 6.92 Å². The van der Waals surface area contributed by atoms with Gasteiger partial charge in [0.1, 0.15) is 11.6 Å². The molecule has 0 amide bonds. The van der Waals surface area contributed by atoms with E-state index < -0.39 is 23.1 Å². The summed E-state index contributed by atoms with van der Waals surface area (Å²) >= 11 is 0. The highest BCUT2D eigenvalue weighted by atomic mass is 19.1. The number of hydrogen-bond donors (Lipinski definition) is 1. The van der Waals surface area contributed by atoms with Crippen molar-refractivity contribution in [3.05, 3.63) is 35.4 Å². The molecule has 1 aromatic rings. The van der Waals surface area contributed by atoms with E-state index >= 15 is 0 Å². The summed E-state index contributed by atoms with van der Waals surface area (Å²) in [6.07, 6.45) is 0.861. The average molecular weight is 285 g/mol. The number of hydrogen-bond acceptors (Lipinski definition) is 3. The Labute approximate surface area is 118 Å². The van der Waals surface area contributed by atoms with Gasteiger partial charge in [0, 0.05) is 6.07 Å². The van der Waals surface area contributed by atoms with Crippen LogP contribution in [0.25, 0.3) is 0 Å². The third-order valence-electron chi connectivity index (χ3n) is 3.07. The molecule has 1 unspecified atom stereocenters. The molecular weight excluding hydrogens is 264 g/mol. The van der Waals surface area contributed by atoms with Gasteiger partial charge < -0.3 is 10.1 Å². The zero-order valence-electron chi connectivity index (χ0n) is 12.1. The molecule has 0 saturated carbocycles. The van der Waals surface area contributed by atoms with Gasteiger partial charge in [-0.1, -0.05) is 6.92 Å². The SMILES string of the molecule is CCCNC(C)(CC(=O)OCC)c1cc(F)cc(F)c1. The van der Waals surface area contributed by atoms with E-state index in [2.05, 4.69) is 5.32 Å². The Morgan fingerprint density at radius 2 is 1.85 bits per heavy atom. The van der Waals surface area contributed by atoms with Crippen LogP contribution in [0, 0.1) is 11.6 Å². The molecule has 0 fully saturated rings. The Kier molecular flexibility index (Phi) is 6.07. The highest BCUT2D eigenvalue weighted by molar-refractivity contribution is 5.71. The molecule has 0 aliphatic rings. The van der Waals surface area contributed by atoms with Crippen molar-refractivity contribution in [3.63, 3.8) is 0 Å². The number of carbonyl (C=O) groups is 1. The van der Waals surface area contributed by atoms with E-state index in [-0.39, 0.29) is 13.0 Å². The number of nitrogens with one attached hydrogen (secondary N) is 1. The fourth-order valence-corrected chi connectivity index (χ4v) is 2.04. The Bertz CT molecular complexity index is 445. The van der Waals surface area contributed by atoms with Gasteiger partial charge in [0.15, 0.2) is 0 Å². The molecule has 0 saturated heterocycles. The maximum atomic E-state index is 13.4. The van der Waals surface area contributed by atoms with Crippen LogP contribution in [0.1, 0.15) is 39.2 Å². The molecule has 0 aliphatic heterocycles. The van der Waals surface area contributed by atoms with E-state index in [1.54, 1.807) is 13.8 Å². The van der Waals surface area contributed by atoms with Gasteiger partial charge in [-0.2, -0.15) is 0 Å². The number of carbonyl (C=O) groups excluding carboxylic acids is 1. The fraction of sp³-hybridized carbons (Fsp3) is 0.533. The molecule has 20 heavy (non-hydrogen) atoms. The Hall–Kier alpha value is -1.49. The molecule has 3 nitrogen and oxygen atoms in total. The number of benzene rings is 1. The number of rotatable bonds is 7. The summed E-state index contributed by atoms with van der Waals surface area (Å²) in [6, 6.07) is 3.30. The zero-order valence-corrected chi connectivity index (χ0v) is 12.1. The van der Waals surface area contributed by atoms with Gasteiger partial charge in [0.25, 0.3) is 0 Å². The minimum absolute atomic E-state index is 0.0176. The van der Waals surface area contributed by atoms with Crippen LogP contribution in [0.15, 0.2) is 18.2 Å². The van der Waals surface area contributed by atoms with Gasteiger partial charge in [0.2, 0.25) is 0 Å². The molecule has 1 N–H and O–H groups in total. The van der Waals surface area contributed by atoms with Crippen molar-refractivity contribution in [2.24, 2.45) is 0 Å². The molecule has 1 rings (SSSR count). The average Bonchev–Trinajstić information content (AvgIpc) is 2.35. The van der Waals surface area contributed by atoms with Crippen LogP contribution in [-0.4, -0.2) is 19.1 Å². The Balaban J connectivity index is 3.05. The largest absolute Gasteiger partial charge is 0.466 e. The third-order valence-corrected chi connectivity index (χ3v) is 3.07. The first-order valence-corrected chi connectivity index (χ1v) is 6.78. The van der Waals surface area contributed by atoms with E-state index in [9.17, 15) is 13.6 Å². The van der Waals surface area contributed by atoms with E-state index in [4.69, 9.17) is 4.74 Å². The van der Waals surface area contributed by atoms with Crippen LogP contribution < -0.4 is 5.32 Å². The van der Waals surface area contributed by atoms with Crippen LogP contribution in [0.5, 0.6) is 0 Å². The van der Waals surface area contributed by atoms with Gasteiger partial charge >= 0.3 is 5.97 Å². The maximum absolute atomic E-state index is 13.4. The monoisotopic (exact) mass is 285 g/mol. The first-order chi connectivity index (χ1) is 9.41. The van der Waals surface area contributed by atoms with Crippen LogP contribution in [0.2, 0.25) is 0 Å². The van der Waals surface area contributed by atoms with Gasteiger partial charge in [-0.15, -0.1) is 0 Å². The molecule has 5 heteroatoms. The molecule has 1 aromatic carbocycles. The molecule has 1 atom stereocenters. The summed E-state index contributed by atoms with van der Waals surface area (Å²) in [5.41, 5.74) is -0.456. The van der Waals surface area contributed by atoms with Gasteiger partial charge in [-0.3, -0.25) is 4.79 Å². The normalized spacial score (nSPS) is 13.8. The van der Waals surface area contributed by atoms with Crippen molar-refractivity contribution in [2.45, 2.75) is 39.2 Å². The predicted molar refractivity (Wildman–Crippen MR) is 73.3 cm³/mol. The molecule has 112 valence electrons. The number of ether oxygens (including phenoxy) is 1. The van der Waals surface area contributed by atoms with Crippen molar-refractivity contribution in [3.8, 4) is 0 Å². The van der Waals surface area contributed by atoms with Crippen molar-refractivity contribution in [1.29, 1.82) is 0 Å². The number of esters is 1. The highest BCUT2D eigenvalue weighted by Crippen LogP contribution is 2.27. The molecular formula is C15H21F2NO2. The van der Waals surface area contributed by atoms with Gasteiger partial charge in [-0.25, -0.2) is 8.78 Å². The van der Waals surface area contributed by atoms with Crippen LogP contribution in [0.3, 0.4) is 0 Å². The van der Waals surface area contributed by atoms with E-state index in [0.717, 1.165) is 12.5 Å². The Morgan fingerprint density at radius 1 is 1.25 bits per heavy atom. The maximum Gasteiger partial charge on any atom is 0.307 e. The van der Waals surface area contributed by atoms with Crippen LogP contribution in [-0.2, 0) is 15.1 Å². The van der Waals surface area contributed by atoms with Crippen molar-refractivity contribution in [1.82, 2.24) is 5.32 Å². The minimum Gasteiger partial charge on any atom is -0.466 e. The van der Waals surface area contributed by atoms with Crippen LogP contribution in [0.4, 0.5) is 8.78 Å². The minimum atomic E-state index is -0.856. The first-order valence-electron chi connectivity index (χ1n) is 6.78. The topological polar surface area (TPSA) is 38.3 Å². The fourth-order valence-electron chi connectivity index (χ4n) is 2.04. The lowest BCUT2D eigenvalue weighted by molar-refractivity contribution is -0.144. The standard InChI is InChI=1S/C15H21F2NO2/c1-4-6-18-15(3,10-14(19)20-5-2)11-7-12(16)9-13(17)8-11/h7-9,18H,4-6,10H2,1-3H3. The summed E-state index contributed by atoms with van der Waals surface area (Å²) in [4.78, 5) is 11.7. The second-order valence-electron chi connectivity index (χ2n) is 4.90. The Morgan fingerprint density at radius 3 is 2.35 bits per heavy atom. The summed E-state index contributed by atoms with van der Waals surface area (Å²) in [5.74, 6) is -1.72. The van der Waals surface area contributed by atoms with Gasteiger partial charge in [0.05, 0.1) is 18.6 Å². The van der Waals surface area contributed by atoms with Crippen molar-refractivity contribution < 1.29 is 18.3 Å². The summed E-state index contributed by atoms with van der Waals surface area (Å²) < 4.78 is 31.7. The predicted octanol–water partition coefficient (Wildman–Crippen LogP) is 3.13. The second kappa shape index (κ2) is 7.33.